The van der Waals surface area contributed by atoms with Crippen LogP contribution in [-0.2, 0) is 0 Å². The van der Waals surface area contributed by atoms with Gasteiger partial charge in [0.1, 0.15) is 18.0 Å². The fourth-order valence-electron chi connectivity index (χ4n) is 2.16. The number of nitrogens with one attached hydrogen (secondary N) is 1. The zero-order valence-electron chi connectivity index (χ0n) is 11.7. The number of aryl methyl sites for hydroxylation is 1. The lowest BCUT2D eigenvalue weighted by atomic mass is 9.96. The van der Waals surface area contributed by atoms with Crippen molar-refractivity contribution in [1.29, 1.82) is 0 Å². The first-order valence-electron chi connectivity index (χ1n) is 6.33. The molecule has 0 atom stereocenters. The average Bonchev–Trinajstić information content (AvgIpc) is 2.40. The number of nitrogens with zero attached hydrogens (tertiary/aromatic N) is 2. The van der Waals surface area contributed by atoms with E-state index in [1.807, 2.05) is 13.1 Å². The van der Waals surface area contributed by atoms with Crippen molar-refractivity contribution in [1.82, 2.24) is 9.97 Å². The van der Waals surface area contributed by atoms with E-state index in [2.05, 4.69) is 29.1 Å². The normalized spacial score (nSPS) is 10.8. The van der Waals surface area contributed by atoms with E-state index in [4.69, 9.17) is 0 Å². The molecule has 19 heavy (non-hydrogen) atoms. The minimum atomic E-state index is -0.197. The van der Waals surface area contributed by atoms with Crippen LogP contribution >= 0.6 is 0 Å². The van der Waals surface area contributed by atoms with E-state index in [-0.39, 0.29) is 11.7 Å². The monoisotopic (exact) mass is 259 g/mol. The van der Waals surface area contributed by atoms with Crippen LogP contribution in [0.5, 0.6) is 0 Å². The van der Waals surface area contributed by atoms with Gasteiger partial charge in [-0.3, -0.25) is 0 Å². The molecule has 1 aromatic heterocycles. The number of hydrogen-bond donors (Lipinski definition) is 1. The summed E-state index contributed by atoms with van der Waals surface area (Å²) in [4.78, 5) is 8.62. The van der Waals surface area contributed by atoms with Crippen molar-refractivity contribution >= 4 is 5.82 Å². The lowest BCUT2D eigenvalue weighted by Crippen LogP contribution is -2.04. The molecule has 0 radical (unpaired) electrons. The second kappa shape index (κ2) is 5.34. The van der Waals surface area contributed by atoms with Crippen LogP contribution in [0.4, 0.5) is 10.2 Å². The van der Waals surface area contributed by atoms with E-state index in [9.17, 15) is 4.39 Å². The summed E-state index contributed by atoms with van der Waals surface area (Å²) in [6.07, 6.45) is 1.53. The number of aromatic nitrogens is 2. The van der Waals surface area contributed by atoms with Gasteiger partial charge >= 0.3 is 0 Å². The van der Waals surface area contributed by atoms with E-state index in [1.54, 1.807) is 13.0 Å². The van der Waals surface area contributed by atoms with Gasteiger partial charge in [-0.15, -0.1) is 0 Å². The first-order valence-corrected chi connectivity index (χ1v) is 6.33. The number of halogens is 1. The van der Waals surface area contributed by atoms with Gasteiger partial charge in [-0.2, -0.15) is 0 Å². The molecule has 3 nitrogen and oxygen atoms in total. The maximum Gasteiger partial charge on any atom is 0.133 e. The molecule has 100 valence electrons. The van der Waals surface area contributed by atoms with Crippen LogP contribution in [0.2, 0.25) is 0 Å². The molecule has 0 aliphatic heterocycles. The Bertz CT molecular complexity index is 594. The molecule has 1 N–H and O–H groups in total. The van der Waals surface area contributed by atoms with E-state index in [0.717, 1.165) is 22.6 Å². The van der Waals surface area contributed by atoms with Crippen LogP contribution in [-0.4, -0.2) is 17.0 Å². The molecule has 2 rings (SSSR count). The summed E-state index contributed by atoms with van der Waals surface area (Å²) in [5.74, 6) is 0.906. The Morgan fingerprint density at radius 2 is 1.95 bits per heavy atom. The Labute approximate surface area is 112 Å². The predicted molar refractivity (Wildman–Crippen MR) is 75.8 cm³/mol. The van der Waals surface area contributed by atoms with Gasteiger partial charge in [0, 0.05) is 18.2 Å². The molecule has 1 aromatic carbocycles. The summed E-state index contributed by atoms with van der Waals surface area (Å²) < 4.78 is 13.4. The van der Waals surface area contributed by atoms with Gasteiger partial charge in [0.2, 0.25) is 0 Å². The third-order valence-electron chi connectivity index (χ3n) is 3.13. The summed E-state index contributed by atoms with van der Waals surface area (Å²) in [6.45, 7) is 5.95. The van der Waals surface area contributed by atoms with E-state index in [1.165, 1.54) is 12.4 Å². The van der Waals surface area contributed by atoms with Crippen LogP contribution in [0.1, 0.15) is 30.9 Å². The maximum absolute atomic E-state index is 13.4. The van der Waals surface area contributed by atoms with Crippen molar-refractivity contribution in [3.8, 4) is 11.3 Å². The molecule has 0 bridgehead atoms. The van der Waals surface area contributed by atoms with Crippen molar-refractivity contribution in [3.63, 3.8) is 0 Å². The van der Waals surface area contributed by atoms with Gasteiger partial charge < -0.3 is 5.32 Å². The Kier molecular flexibility index (Phi) is 3.79. The molecule has 0 spiro atoms. The summed E-state index contributed by atoms with van der Waals surface area (Å²) >= 11 is 0. The highest BCUT2D eigenvalue weighted by atomic mass is 19.1. The van der Waals surface area contributed by atoms with Crippen molar-refractivity contribution in [2.45, 2.75) is 26.7 Å². The number of benzene rings is 1. The minimum absolute atomic E-state index is 0.197. The molecule has 0 saturated heterocycles. The topological polar surface area (TPSA) is 37.8 Å². The highest BCUT2D eigenvalue weighted by molar-refractivity contribution is 5.69. The van der Waals surface area contributed by atoms with Crippen LogP contribution in [0, 0.1) is 12.7 Å². The second-order valence-electron chi connectivity index (χ2n) is 4.85. The highest BCUT2D eigenvalue weighted by Crippen LogP contribution is 2.32. The van der Waals surface area contributed by atoms with Crippen LogP contribution < -0.4 is 5.32 Å². The standard InChI is InChI=1S/C15H18FN3/c1-9(2)13-14(18-8-19-15(13)17-4)11-5-6-12(16)10(3)7-11/h5-9H,1-4H3,(H,17,18,19). The smallest absolute Gasteiger partial charge is 0.133 e. The largest absolute Gasteiger partial charge is 0.373 e. The lowest BCUT2D eigenvalue weighted by molar-refractivity contribution is 0.618. The quantitative estimate of drug-likeness (QED) is 0.912. The minimum Gasteiger partial charge on any atom is -0.373 e. The molecule has 0 fully saturated rings. The van der Waals surface area contributed by atoms with Crippen molar-refractivity contribution in [2.24, 2.45) is 0 Å². The van der Waals surface area contributed by atoms with Gasteiger partial charge in [0.05, 0.1) is 5.69 Å². The summed E-state index contributed by atoms with van der Waals surface area (Å²) in [7, 11) is 1.84. The Balaban J connectivity index is 2.64. The van der Waals surface area contributed by atoms with Crippen LogP contribution in [0.15, 0.2) is 24.5 Å². The summed E-state index contributed by atoms with van der Waals surface area (Å²) in [5.41, 5.74) is 3.45. The van der Waals surface area contributed by atoms with E-state index in [0.29, 0.717) is 5.56 Å². The highest BCUT2D eigenvalue weighted by Gasteiger charge is 2.16. The maximum atomic E-state index is 13.4. The summed E-state index contributed by atoms with van der Waals surface area (Å²) in [6, 6.07) is 5.06. The molecular weight excluding hydrogens is 241 g/mol. The molecular formula is C15H18FN3. The average molecular weight is 259 g/mol. The van der Waals surface area contributed by atoms with Crippen LogP contribution in [0.25, 0.3) is 11.3 Å². The number of anilines is 1. The van der Waals surface area contributed by atoms with Gasteiger partial charge in [0.15, 0.2) is 0 Å². The molecule has 0 aliphatic carbocycles. The molecule has 4 heteroatoms. The third kappa shape index (κ3) is 2.57. The fraction of sp³-hybridized carbons (Fsp3) is 0.333. The van der Waals surface area contributed by atoms with Gasteiger partial charge in [-0.25, -0.2) is 14.4 Å². The van der Waals surface area contributed by atoms with Crippen molar-refractivity contribution in [2.75, 3.05) is 12.4 Å². The molecule has 2 aromatic rings. The second-order valence-corrected chi connectivity index (χ2v) is 4.85. The first-order chi connectivity index (χ1) is 9.04. The molecule has 0 aliphatic rings. The Morgan fingerprint density at radius 1 is 1.21 bits per heavy atom. The molecule has 0 unspecified atom stereocenters. The fourth-order valence-corrected chi connectivity index (χ4v) is 2.16. The lowest BCUT2D eigenvalue weighted by Gasteiger charge is -2.16. The Hall–Kier alpha value is -1.97. The number of hydrogen-bond acceptors (Lipinski definition) is 3. The number of rotatable bonds is 3. The van der Waals surface area contributed by atoms with Gasteiger partial charge in [-0.05, 0) is 36.6 Å². The summed E-state index contributed by atoms with van der Waals surface area (Å²) in [5, 5.41) is 3.09. The van der Waals surface area contributed by atoms with Crippen LogP contribution in [0.3, 0.4) is 0 Å². The van der Waals surface area contributed by atoms with E-state index >= 15 is 0 Å². The third-order valence-corrected chi connectivity index (χ3v) is 3.13. The zero-order chi connectivity index (χ0) is 14.0. The predicted octanol–water partition coefficient (Wildman–Crippen LogP) is 3.76. The molecule has 0 amide bonds. The SMILES string of the molecule is CNc1ncnc(-c2ccc(F)c(C)c2)c1C(C)C. The van der Waals surface area contributed by atoms with Crippen molar-refractivity contribution < 1.29 is 4.39 Å². The van der Waals surface area contributed by atoms with Gasteiger partial charge in [0.25, 0.3) is 0 Å². The molecule has 1 heterocycles. The molecule has 0 saturated carbocycles. The van der Waals surface area contributed by atoms with E-state index < -0.39 is 0 Å². The Morgan fingerprint density at radius 3 is 2.53 bits per heavy atom. The zero-order valence-corrected chi connectivity index (χ0v) is 11.7. The first kappa shape index (κ1) is 13.5. The van der Waals surface area contributed by atoms with Crippen molar-refractivity contribution in [3.05, 3.63) is 41.5 Å². The van der Waals surface area contributed by atoms with Gasteiger partial charge in [-0.1, -0.05) is 13.8 Å².